The Hall–Kier alpha value is -2.69. The molecule has 0 radical (unpaired) electrons. The van der Waals surface area contributed by atoms with E-state index in [0.717, 1.165) is 29.2 Å². The quantitative estimate of drug-likeness (QED) is 0.742. The van der Waals surface area contributed by atoms with E-state index in [1.54, 1.807) is 7.11 Å². The van der Waals surface area contributed by atoms with Crippen molar-refractivity contribution < 1.29 is 14.3 Å². The minimum atomic E-state index is -0.0642. The van der Waals surface area contributed by atoms with Gasteiger partial charge in [-0.2, -0.15) is 0 Å². The summed E-state index contributed by atoms with van der Waals surface area (Å²) in [4.78, 5) is 11.9. The summed E-state index contributed by atoms with van der Waals surface area (Å²) in [5, 5.41) is 5.99. The van der Waals surface area contributed by atoms with Crippen LogP contribution in [0.15, 0.2) is 48.5 Å². The largest absolute Gasteiger partial charge is 0.497 e. The Morgan fingerprint density at radius 3 is 2.58 bits per heavy atom. The van der Waals surface area contributed by atoms with Gasteiger partial charge >= 0.3 is 0 Å². The van der Waals surface area contributed by atoms with Crippen LogP contribution in [0.25, 0.3) is 0 Å². The Kier molecular flexibility index (Phi) is 6.95. The van der Waals surface area contributed by atoms with E-state index < -0.39 is 0 Å². The molecule has 2 aromatic rings. The normalized spacial score (nSPS) is 10.1. The monoisotopic (exact) mass is 328 g/mol. The molecule has 128 valence electrons. The maximum absolute atomic E-state index is 11.9. The van der Waals surface area contributed by atoms with E-state index in [9.17, 15) is 4.79 Å². The second-order valence-corrected chi connectivity index (χ2v) is 5.35. The van der Waals surface area contributed by atoms with Gasteiger partial charge in [0.1, 0.15) is 11.5 Å². The Morgan fingerprint density at radius 2 is 1.88 bits per heavy atom. The molecule has 0 spiro atoms. The smallest absolute Gasteiger partial charge is 0.239 e. The molecule has 5 heteroatoms. The van der Waals surface area contributed by atoms with Crippen LogP contribution in [-0.4, -0.2) is 26.2 Å². The van der Waals surface area contributed by atoms with Gasteiger partial charge in [0, 0.05) is 18.3 Å². The van der Waals surface area contributed by atoms with Crippen molar-refractivity contribution in [3.05, 3.63) is 54.1 Å². The number of anilines is 1. The molecule has 0 aliphatic carbocycles. The van der Waals surface area contributed by atoms with Crippen LogP contribution in [0.2, 0.25) is 0 Å². The molecule has 0 atom stereocenters. The summed E-state index contributed by atoms with van der Waals surface area (Å²) in [6.07, 6.45) is 0.964. The third-order valence-electron chi connectivity index (χ3n) is 3.41. The van der Waals surface area contributed by atoms with E-state index >= 15 is 0 Å². The summed E-state index contributed by atoms with van der Waals surface area (Å²) in [6, 6.07) is 15.2. The van der Waals surface area contributed by atoms with Crippen LogP contribution < -0.4 is 20.1 Å². The molecule has 2 N–H and O–H groups in total. The zero-order valence-corrected chi connectivity index (χ0v) is 14.2. The average Bonchev–Trinajstić information content (AvgIpc) is 2.63. The number of carbonyl (C=O) groups excluding carboxylic acids is 1. The van der Waals surface area contributed by atoms with Crippen molar-refractivity contribution in [2.45, 2.75) is 19.9 Å². The van der Waals surface area contributed by atoms with Gasteiger partial charge in [-0.15, -0.1) is 0 Å². The van der Waals surface area contributed by atoms with Gasteiger partial charge in [0.15, 0.2) is 0 Å². The molecule has 0 fully saturated rings. The average molecular weight is 328 g/mol. The molecule has 0 aliphatic heterocycles. The number of benzene rings is 2. The number of rotatable bonds is 9. The number of nitrogens with one attached hydrogen (secondary N) is 2. The SMILES string of the molecule is CCCOc1cccc(NCC(=O)NCc2ccc(OC)cc2)c1. The molecule has 0 heterocycles. The molecule has 0 bridgehead atoms. The van der Waals surface area contributed by atoms with Gasteiger partial charge in [0.05, 0.1) is 20.3 Å². The van der Waals surface area contributed by atoms with Gasteiger partial charge in [-0.25, -0.2) is 0 Å². The fourth-order valence-electron chi connectivity index (χ4n) is 2.10. The van der Waals surface area contributed by atoms with Gasteiger partial charge < -0.3 is 20.1 Å². The second-order valence-electron chi connectivity index (χ2n) is 5.35. The van der Waals surface area contributed by atoms with Crippen LogP contribution in [0.1, 0.15) is 18.9 Å². The van der Waals surface area contributed by atoms with E-state index in [4.69, 9.17) is 9.47 Å². The summed E-state index contributed by atoms with van der Waals surface area (Å²) in [7, 11) is 1.63. The molecule has 0 unspecified atom stereocenters. The summed E-state index contributed by atoms with van der Waals surface area (Å²) in [5.41, 5.74) is 1.89. The summed E-state index contributed by atoms with van der Waals surface area (Å²) >= 11 is 0. The van der Waals surface area contributed by atoms with Gasteiger partial charge in [-0.1, -0.05) is 25.1 Å². The first kappa shape index (κ1) is 17.7. The van der Waals surface area contributed by atoms with E-state index in [1.807, 2.05) is 48.5 Å². The summed E-state index contributed by atoms with van der Waals surface area (Å²) < 4.78 is 10.7. The highest BCUT2D eigenvalue weighted by Crippen LogP contribution is 2.17. The Morgan fingerprint density at radius 1 is 1.08 bits per heavy atom. The second kappa shape index (κ2) is 9.45. The highest BCUT2D eigenvalue weighted by molar-refractivity contribution is 5.80. The molecule has 5 nitrogen and oxygen atoms in total. The molecule has 2 aromatic carbocycles. The van der Waals surface area contributed by atoms with Crippen molar-refractivity contribution in [1.82, 2.24) is 5.32 Å². The summed E-state index contributed by atoms with van der Waals surface area (Å²) in [5.74, 6) is 1.54. The lowest BCUT2D eigenvalue weighted by Crippen LogP contribution is -2.29. The van der Waals surface area contributed by atoms with Gasteiger partial charge in [-0.05, 0) is 36.2 Å². The van der Waals surface area contributed by atoms with E-state index in [1.165, 1.54) is 0 Å². The number of methoxy groups -OCH3 is 1. The Balaban J connectivity index is 1.76. The highest BCUT2D eigenvalue weighted by atomic mass is 16.5. The first-order valence-electron chi connectivity index (χ1n) is 8.07. The molecule has 0 aliphatic rings. The van der Waals surface area contributed by atoms with Gasteiger partial charge in [-0.3, -0.25) is 4.79 Å². The van der Waals surface area contributed by atoms with Crippen molar-refractivity contribution in [3.63, 3.8) is 0 Å². The van der Waals surface area contributed by atoms with Crippen molar-refractivity contribution in [1.29, 1.82) is 0 Å². The van der Waals surface area contributed by atoms with E-state index in [-0.39, 0.29) is 12.5 Å². The number of amides is 1. The number of carbonyl (C=O) groups is 1. The third-order valence-corrected chi connectivity index (χ3v) is 3.41. The maximum Gasteiger partial charge on any atom is 0.239 e. The fraction of sp³-hybridized carbons (Fsp3) is 0.316. The van der Waals surface area contributed by atoms with Crippen molar-refractivity contribution in [2.75, 3.05) is 25.6 Å². The van der Waals surface area contributed by atoms with Crippen LogP contribution in [0.3, 0.4) is 0 Å². The lowest BCUT2D eigenvalue weighted by molar-refractivity contribution is -0.119. The predicted octanol–water partition coefficient (Wildman–Crippen LogP) is 3.21. The zero-order valence-electron chi connectivity index (χ0n) is 14.2. The maximum atomic E-state index is 11.9. The molecule has 2 rings (SSSR count). The van der Waals surface area contributed by atoms with Gasteiger partial charge in [0.25, 0.3) is 0 Å². The minimum Gasteiger partial charge on any atom is -0.497 e. The molecular formula is C19H24N2O3. The number of hydrogen-bond acceptors (Lipinski definition) is 4. The van der Waals surface area contributed by atoms with Crippen LogP contribution in [-0.2, 0) is 11.3 Å². The van der Waals surface area contributed by atoms with Gasteiger partial charge in [0.2, 0.25) is 5.91 Å². The molecule has 24 heavy (non-hydrogen) atoms. The van der Waals surface area contributed by atoms with E-state index in [0.29, 0.717) is 13.2 Å². The standard InChI is InChI=1S/C19H24N2O3/c1-3-11-24-18-6-4-5-16(12-18)20-14-19(22)21-13-15-7-9-17(23-2)10-8-15/h4-10,12,20H,3,11,13-14H2,1-2H3,(H,21,22). The van der Waals surface area contributed by atoms with Crippen LogP contribution in [0.4, 0.5) is 5.69 Å². The van der Waals surface area contributed by atoms with Crippen molar-refractivity contribution in [2.24, 2.45) is 0 Å². The highest BCUT2D eigenvalue weighted by Gasteiger charge is 2.03. The number of ether oxygens (including phenoxy) is 2. The molecule has 1 amide bonds. The van der Waals surface area contributed by atoms with Crippen LogP contribution in [0.5, 0.6) is 11.5 Å². The summed E-state index contributed by atoms with van der Waals surface area (Å²) in [6.45, 7) is 3.46. The van der Waals surface area contributed by atoms with E-state index in [2.05, 4.69) is 17.6 Å². The molecule has 0 saturated heterocycles. The lowest BCUT2D eigenvalue weighted by atomic mass is 10.2. The Bertz CT molecular complexity index is 641. The minimum absolute atomic E-state index is 0.0642. The number of hydrogen-bond donors (Lipinski definition) is 2. The third kappa shape index (κ3) is 5.83. The molecule has 0 saturated carbocycles. The van der Waals surface area contributed by atoms with Crippen LogP contribution >= 0.6 is 0 Å². The van der Waals surface area contributed by atoms with Crippen molar-refractivity contribution >= 4 is 11.6 Å². The first-order chi connectivity index (χ1) is 11.7. The lowest BCUT2D eigenvalue weighted by Gasteiger charge is -2.10. The fourth-order valence-corrected chi connectivity index (χ4v) is 2.10. The molecular weight excluding hydrogens is 304 g/mol. The molecule has 0 aromatic heterocycles. The topological polar surface area (TPSA) is 59.6 Å². The Labute approximate surface area is 143 Å². The van der Waals surface area contributed by atoms with Crippen molar-refractivity contribution in [3.8, 4) is 11.5 Å². The van der Waals surface area contributed by atoms with Crippen LogP contribution in [0, 0.1) is 0 Å². The first-order valence-corrected chi connectivity index (χ1v) is 8.07. The zero-order chi connectivity index (χ0) is 17.2. The predicted molar refractivity (Wildman–Crippen MR) is 95.6 cm³/mol.